The Morgan fingerprint density at radius 1 is 1.13 bits per heavy atom. The maximum absolute atomic E-state index is 13.5. The molecule has 1 aromatic rings. The third kappa shape index (κ3) is 4.86. The molecule has 0 bridgehead atoms. The zero-order chi connectivity index (χ0) is 21.9. The Kier molecular flexibility index (Phi) is 6.87. The van der Waals surface area contributed by atoms with Gasteiger partial charge in [-0.25, -0.2) is 8.42 Å². The average Bonchev–Trinajstić information content (AvgIpc) is 2.96. The van der Waals surface area contributed by atoms with Crippen molar-refractivity contribution in [1.82, 2.24) is 9.62 Å². The molecule has 1 saturated heterocycles. The van der Waals surface area contributed by atoms with Crippen molar-refractivity contribution in [3.8, 4) is 0 Å². The molecule has 0 spiro atoms. The van der Waals surface area contributed by atoms with Gasteiger partial charge in [-0.2, -0.15) is 4.31 Å². The number of hydrogen-bond donors (Lipinski definition) is 1. The van der Waals surface area contributed by atoms with E-state index in [0.717, 1.165) is 48.2 Å². The van der Waals surface area contributed by atoms with Crippen LogP contribution in [0.2, 0.25) is 0 Å². The molecule has 0 aromatic heterocycles. The third-order valence-electron chi connectivity index (χ3n) is 6.29. The average molecular weight is 436 g/mol. The van der Waals surface area contributed by atoms with Crippen LogP contribution < -0.4 is 10.2 Å². The van der Waals surface area contributed by atoms with E-state index in [4.69, 9.17) is 0 Å². The summed E-state index contributed by atoms with van der Waals surface area (Å²) < 4.78 is 25.6. The summed E-state index contributed by atoms with van der Waals surface area (Å²) in [5.41, 5.74) is 0.424. The Morgan fingerprint density at radius 2 is 1.73 bits per heavy atom. The summed E-state index contributed by atoms with van der Waals surface area (Å²) in [6, 6.07) is 7.61. The number of hydrogen-bond acceptors (Lipinski definition) is 4. The number of sulfonamides is 1. The van der Waals surface area contributed by atoms with Crippen molar-refractivity contribution in [1.29, 1.82) is 0 Å². The summed E-state index contributed by atoms with van der Waals surface area (Å²) in [5.74, 6) is -0.690. The highest BCUT2D eigenvalue weighted by Gasteiger charge is 2.50. The molecule has 2 aliphatic rings. The number of anilines is 1. The van der Waals surface area contributed by atoms with Crippen LogP contribution in [0.1, 0.15) is 57.9 Å². The molecule has 1 atom stereocenters. The predicted molar refractivity (Wildman–Crippen MR) is 118 cm³/mol. The third-order valence-corrected chi connectivity index (χ3v) is 7.49. The lowest BCUT2D eigenvalue weighted by Gasteiger charge is -2.47. The van der Waals surface area contributed by atoms with Crippen LogP contribution in [0.4, 0.5) is 5.69 Å². The van der Waals surface area contributed by atoms with E-state index >= 15 is 0 Å². The molecule has 7 nitrogen and oxygen atoms in total. The summed E-state index contributed by atoms with van der Waals surface area (Å²) >= 11 is 0. The molecule has 1 unspecified atom stereocenters. The number of amides is 2. The Morgan fingerprint density at radius 3 is 2.27 bits per heavy atom. The summed E-state index contributed by atoms with van der Waals surface area (Å²) in [7, 11) is -3.61. The van der Waals surface area contributed by atoms with Crippen LogP contribution in [-0.2, 0) is 26.0 Å². The van der Waals surface area contributed by atoms with Crippen LogP contribution in [0.3, 0.4) is 0 Å². The highest BCUT2D eigenvalue weighted by Crippen LogP contribution is 2.31. The van der Waals surface area contributed by atoms with Crippen LogP contribution in [0, 0.1) is 0 Å². The first-order valence-electron chi connectivity index (χ1n) is 10.8. The minimum absolute atomic E-state index is 0.0601. The number of benzene rings is 1. The van der Waals surface area contributed by atoms with Gasteiger partial charge in [-0.1, -0.05) is 44.7 Å². The van der Waals surface area contributed by atoms with E-state index < -0.39 is 21.5 Å². The van der Waals surface area contributed by atoms with Gasteiger partial charge >= 0.3 is 0 Å². The number of piperazine rings is 1. The predicted octanol–water partition coefficient (Wildman–Crippen LogP) is 2.45. The fourth-order valence-corrected chi connectivity index (χ4v) is 5.28. The van der Waals surface area contributed by atoms with Gasteiger partial charge in [0.15, 0.2) is 0 Å². The van der Waals surface area contributed by atoms with Crippen molar-refractivity contribution in [2.45, 2.75) is 70.4 Å². The monoisotopic (exact) mass is 435 g/mol. The number of aryl methyl sites for hydroxylation is 1. The molecular weight excluding hydrogens is 402 g/mol. The van der Waals surface area contributed by atoms with Gasteiger partial charge in [-0.05, 0) is 43.9 Å². The molecule has 1 aliphatic heterocycles. The van der Waals surface area contributed by atoms with E-state index in [2.05, 4.69) is 12.2 Å². The first-order valence-corrected chi connectivity index (χ1v) is 12.7. The van der Waals surface area contributed by atoms with Crippen molar-refractivity contribution < 1.29 is 18.0 Å². The second-order valence-corrected chi connectivity index (χ2v) is 10.7. The minimum atomic E-state index is -3.61. The molecule has 8 heteroatoms. The van der Waals surface area contributed by atoms with Gasteiger partial charge < -0.3 is 5.32 Å². The Labute approximate surface area is 179 Å². The number of nitrogens with zero attached hydrogens (tertiary/aromatic N) is 2. The number of rotatable bonds is 5. The molecule has 30 heavy (non-hydrogen) atoms. The highest BCUT2D eigenvalue weighted by atomic mass is 32.2. The molecule has 2 amide bonds. The van der Waals surface area contributed by atoms with Crippen molar-refractivity contribution in [3.63, 3.8) is 0 Å². The largest absolute Gasteiger partial charge is 0.351 e. The van der Waals surface area contributed by atoms with E-state index in [1.165, 1.54) is 17.7 Å². The lowest BCUT2D eigenvalue weighted by molar-refractivity contribution is -0.133. The Hall–Kier alpha value is -1.93. The number of nitrogens with one attached hydrogen (secondary N) is 1. The van der Waals surface area contributed by atoms with Crippen LogP contribution in [0.15, 0.2) is 24.3 Å². The van der Waals surface area contributed by atoms with E-state index in [0.29, 0.717) is 5.69 Å². The summed E-state index contributed by atoms with van der Waals surface area (Å²) in [4.78, 5) is 28.1. The molecule has 2 fully saturated rings. The second kappa shape index (κ2) is 9.06. The molecule has 1 aliphatic carbocycles. The van der Waals surface area contributed by atoms with Crippen molar-refractivity contribution in [3.05, 3.63) is 29.8 Å². The topological polar surface area (TPSA) is 86.8 Å². The lowest BCUT2D eigenvalue weighted by Crippen LogP contribution is -2.70. The second-order valence-electron chi connectivity index (χ2n) is 8.72. The van der Waals surface area contributed by atoms with Crippen molar-refractivity contribution in [2.75, 3.05) is 24.2 Å². The Bertz CT molecular complexity index is 876. The first-order chi connectivity index (χ1) is 14.1. The molecule has 1 aromatic carbocycles. The normalized spacial score (nSPS) is 24.5. The number of carbonyl (C=O) groups is 2. The molecule has 3 rings (SSSR count). The van der Waals surface area contributed by atoms with E-state index in [9.17, 15) is 18.0 Å². The van der Waals surface area contributed by atoms with Crippen molar-refractivity contribution in [2.24, 2.45) is 0 Å². The molecule has 166 valence electrons. The summed E-state index contributed by atoms with van der Waals surface area (Å²) in [6.07, 6.45) is 8.24. The highest BCUT2D eigenvalue weighted by molar-refractivity contribution is 7.88. The maximum Gasteiger partial charge on any atom is 0.247 e. The zero-order valence-electron chi connectivity index (χ0n) is 18.2. The van der Waals surface area contributed by atoms with Gasteiger partial charge in [-0.3, -0.25) is 14.5 Å². The minimum Gasteiger partial charge on any atom is -0.351 e. The van der Waals surface area contributed by atoms with Gasteiger partial charge in [0.2, 0.25) is 21.8 Å². The van der Waals surface area contributed by atoms with Crippen LogP contribution >= 0.6 is 0 Å². The molecule has 1 N–H and O–H groups in total. The van der Waals surface area contributed by atoms with Gasteiger partial charge in [0.25, 0.3) is 0 Å². The van der Waals surface area contributed by atoms with E-state index in [-0.39, 0.29) is 25.0 Å². The van der Waals surface area contributed by atoms with Gasteiger partial charge in [0, 0.05) is 18.3 Å². The van der Waals surface area contributed by atoms with Crippen LogP contribution in [0.25, 0.3) is 0 Å². The fourth-order valence-electron chi connectivity index (χ4n) is 4.45. The quantitative estimate of drug-likeness (QED) is 0.720. The molecule has 1 heterocycles. The molecular formula is C22H33N3O4S. The SMILES string of the molecule is CCc1ccc(N2C(=O)CN(S(C)(=O)=O)CC2(C)C(=O)NC2CCCCCC2)cc1. The first kappa shape index (κ1) is 22.7. The van der Waals surface area contributed by atoms with E-state index in [1.807, 2.05) is 24.3 Å². The number of carbonyl (C=O) groups excluding carboxylic acids is 2. The van der Waals surface area contributed by atoms with Crippen LogP contribution in [-0.4, -0.2) is 55.5 Å². The van der Waals surface area contributed by atoms with Gasteiger partial charge in [0.05, 0.1) is 12.8 Å². The van der Waals surface area contributed by atoms with Crippen molar-refractivity contribution >= 4 is 27.5 Å². The summed E-state index contributed by atoms with van der Waals surface area (Å²) in [5, 5.41) is 3.13. The van der Waals surface area contributed by atoms with Gasteiger partial charge in [-0.15, -0.1) is 0 Å². The molecule has 0 radical (unpaired) electrons. The smallest absolute Gasteiger partial charge is 0.247 e. The summed E-state index contributed by atoms with van der Waals surface area (Å²) in [6.45, 7) is 3.39. The van der Waals surface area contributed by atoms with E-state index in [1.54, 1.807) is 6.92 Å². The lowest BCUT2D eigenvalue weighted by atomic mass is 9.93. The standard InChI is InChI=1S/C22H33N3O4S/c1-4-17-11-13-19(14-12-17)25-20(26)15-24(30(3,28)29)16-22(25,2)21(27)23-18-9-7-5-6-8-10-18/h11-14,18H,4-10,15-16H2,1-3H3,(H,23,27). The van der Waals surface area contributed by atoms with Gasteiger partial charge in [0.1, 0.15) is 5.54 Å². The molecule has 1 saturated carbocycles. The van der Waals surface area contributed by atoms with Crippen LogP contribution in [0.5, 0.6) is 0 Å². The fraction of sp³-hybridized carbons (Fsp3) is 0.636. The Balaban J connectivity index is 1.95. The zero-order valence-corrected chi connectivity index (χ0v) is 19.0. The maximum atomic E-state index is 13.5.